The molecular weight excluding hydrogens is 366 g/mol. The topological polar surface area (TPSA) is 78.5 Å². The molecule has 1 spiro atoms. The van der Waals surface area contributed by atoms with Gasteiger partial charge in [-0.3, -0.25) is 24.6 Å². The number of hydrogen-bond donors (Lipinski definition) is 2. The molecule has 4 rings (SSSR count). The molecule has 0 radical (unpaired) electrons. The van der Waals surface area contributed by atoms with Gasteiger partial charge in [0.15, 0.2) is 0 Å². The van der Waals surface area contributed by atoms with E-state index in [4.69, 9.17) is 11.6 Å². The average molecular weight is 390 g/mol. The van der Waals surface area contributed by atoms with Gasteiger partial charge in [-0.05, 0) is 30.5 Å². The highest BCUT2D eigenvalue weighted by atomic mass is 35.5. The summed E-state index contributed by atoms with van der Waals surface area (Å²) in [7, 11) is 0. The smallest absolute Gasteiger partial charge is 0.250 e. The Balaban J connectivity index is 1.86. The SMILES string of the molecule is CCCCN1C(=O)C2C(C(C)C)NC3(C(=O)Nc4ccc(Cl)cc43)C2C1=O. The third-order valence-electron chi connectivity index (χ3n) is 6.16. The number of halogens is 1. The van der Waals surface area contributed by atoms with E-state index in [1.807, 2.05) is 20.8 Å². The van der Waals surface area contributed by atoms with Crippen LogP contribution in [0.15, 0.2) is 18.2 Å². The van der Waals surface area contributed by atoms with E-state index in [-0.39, 0.29) is 29.7 Å². The lowest BCUT2D eigenvalue weighted by atomic mass is 9.76. The minimum absolute atomic E-state index is 0.0933. The number of benzene rings is 1. The number of carbonyl (C=O) groups is 3. The van der Waals surface area contributed by atoms with Crippen LogP contribution in [0.3, 0.4) is 0 Å². The van der Waals surface area contributed by atoms with Gasteiger partial charge in [-0.2, -0.15) is 0 Å². The summed E-state index contributed by atoms with van der Waals surface area (Å²) < 4.78 is 0. The van der Waals surface area contributed by atoms with Gasteiger partial charge >= 0.3 is 0 Å². The van der Waals surface area contributed by atoms with Gasteiger partial charge in [0.05, 0.1) is 11.8 Å². The summed E-state index contributed by atoms with van der Waals surface area (Å²) in [6.07, 6.45) is 1.65. The molecule has 2 N–H and O–H groups in total. The molecule has 1 aromatic rings. The summed E-state index contributed by atoms with van der Waals surface area (Å²) in [5.41, 5.74) is 0.0667. The van der Waals surface area contributed by atoms with Crippen molar-refractivity contribution in [3.8, 4) is 0 Å². The molecule has 3 aliphatic heterocycles. The summed E-state index contributed by atoms with van der Waals surface area (Å²) in [5.74, 6) is -1.88. The Labute approximate surface area is 163 Å². The van der Waals surface area contributed by atoms with Gasteiger partial charge in [-0.25, -0.2) is 0 Å². The van der Waals surface area contributed by atoms with Crippen molar-refractivity contribution in [3.05, 3.63) is 28.8 Å². The van der Waals surface area contributed by atoms with Crippen molar-refractivity contribution in [2.75, 3.05) is 11.9 Å². The highest BCUT2D eigenvalue weighted by Gasteiger charge is 2.70. The number of unbranched alkanes of at least 4 members (excludes halogenated alkanes) is 1. The summed E-state index contributed by atoms with van der Waals surface area (Å²) in [5, 5.41) is 6.78. The minimum atomic E-state index is -1.24. The maximum Gasteiger partial charge on any atom is 0.250 e. The van der Waals surface area contributed by atoms with Crippen LogP contribution in [0.1, 0.15) is 39.2 Å². The van der Waals surface area contributed by atoms with E-state index in [0.717, 1.165) is 12.8 Å². The molecule has 1 aromatic carbocycles. The number of anilines is 1. The zero-order chi connectivity index (χ0) is 19.5. The normalized spacial score (nSPS) is 31.8. The van der Waals surface area contributed by atoms with Crippen LogP contribution in [0, 0.1) is 17.8 Å². The molecule has 0 saturated carbocycles. The van der Waals surface area contributed by atoms with Crippen molar-refractivity contribution >= 4 is 35.0 Å². The van der Waals surface area contributed by atoms with Crippen molar-refractivity contribution in [2.24, 2.45) is 17.8 Å². The highest BCUT2D eigenvalue weighted by molar-refractivity contribution is 6.31. The Morgan fingerprint density at radius 3 is 2.63 bits per heavy atom. The van der Waals surface area contributed by atoms with E-state index in [9.17, 15) is 14.4 Å². The second-order valence-corrected chi connectivity index (χ2v) is 8.49. The minimum Gasteiger partial charge on any atom is -0.324 e. The third-order valence-corrected chi connectivity index (χ3v) is 6.39. The lowest BCUT2D eigenvalue weighted by Gasteiger charge is -2.30. The molecule has 2 saturated heterocycles. The largest absolute Gasteiger partial charge is 0.324 e. The van der Waals surface area contributed by atoms with Crippen LogP contribution in [0.25, 0.3) is 0 Å². The fourth-order valence-corrected chi connectivity index (χ4v) is 5.05. The number of fused-ring (bicyclic) bond motifs is 4. The second kappa shape index (κ2) is 6.31. The van der Waals surface area contributed by atoms with Gasteiger partial charge in [-0.15, -0.1) is 0 Å². The maximum atomic E-state index is 13.3. The van der Waals surface area contributed by atoms with Crippen LogP contribution in [-0.4, -0.2) is 35.2 Å². The second-order valence-electron chi connectivity index (χ2n) is 8.05. The van der Waals surface area contributed by atoms with Crippen molar-refractivity contribution in [1.29, 1.82) is 0 Å². The molecule has 0 aliphatic carbocycles. The Kier molecular flexibility index (Phi) is 4.31. The number of likely N-dealkylation sites (tertiary alicyclic amines) is 1. The first-order valence-corrected chi connectivity index (χ1v) is 9.95. The molecule has 0 aromatic heterocycles. The molecule has 2 fully saturated rings. The standard InChI is InChI=1S/C20H24ClN3O3/c1-4-5-8-24-17(25)14-15(18(24)26)20(23-16(14)10(2)3)12-9-11(21)6-7-13(12)22-19(20)27/h6-7,9-10,14-16,23H,4-5,8H2,1-3H3,(H,22,27). The van der Waals surface area contributed by atoms with Gasteiger partial charge in [-0.1, -0.05) is 38.8 Å². The molecule has 144 valence electrons. The molecule has 7 heteroatoms. The summed E-state index contributed by atoms with van der Waals surface area (Å²) in [6, 6.07) is 4.93. The molecule has 3 amide bonds. The van der Waals surface area contributed by atoms with E-state index in [1.54, 1.807) is 18.2 Å². The Bertz CT molecular complexity index is 840. The third kappa shape index (κ3) is 2.39. The maximum absolute atomic E-state index is 13.3. The van der Waals surface area contributed by atoms with Crippen molar-refractivity contribution in [1.82, 2.24) is 10.2 Å². The first-order chi connectivity index (χ1) is 12.8. The molecular formula is C20H24ClN3O3. The van der Waals surface area contributed by atoms with Crippen LogP contribution >= 0.6 is 11.6 Å². The number of amides is 3. The number of carbonyl (C=O) groups excluding carboxylic acids is 3. The van der Waals surface area contributed by atoms with Crippen LogP contribution in [0.2, 0.25) is 5.02 Å². The zero-order valence-corrected chi connectivity index (χ0v) is 16.5. The zero-order valence-electron chi connectivity index (χ0n) is 15.7. The average Bonchev–Trinajstić information content (AvgIpc) is 3.20. The Hall–Kier alpha value is -1.92. The fourth-order valence-electron chi connectivity index (χ4n) is 4.88. The molecule has 4 atom stereocenters. The summed E-state index contributed by atoms with van der Waals surface area (Å²) >= 11 is 6.21. The van der Waals surface area contributed by atoms with Crippen LogP contribution in [-0.2, 0) is 19.9 Å². The first-order valence-electron chi connectivity index (χ1n) is 9.57. The molecule has 3 aliphatic rings. The van der Waals surface area contributed by atoms with Gasteiger partial charge in [0.1, 0.15) is 5.54 Å². The van der Waals surface area contributed by atoms with Gasteiger partial charge in [0.25, 0.3) is 0 Å². The Morgan fingerprint density at radius 2 is 1.96 bits per heavy atom. The van der Waals surface area contributed by atoms with Crippen molar-refractivity contribution in [3.63, 3.8) is 0 Å². The number of rotatable bonds is 4. The highest BCUT2D eigenvalue weighted by Crippen LogP contribution is 2.54. The van der Waals surface area contributed by atoms with E-state index < -0.39 is 17.4 Å². The van der Waals surface area contributed by atoms with Crippen molar-refractivity contribution < 1.29 is 14.4 Å². The number of hydrogen-bond acceptors (Lipinski definition) is 4. The van der Waals surface area contributed by atoms with Crippen LogP contribution in [0.5, 0.6) is 0 Å². The Morgan fingerprint density at radius 1 is 1.22 bits per heavy atom. The number of nitrogens with one attached hydrogen (secondary N) is 2. The first kappa shape index (κ1) is 18.4. The molecule has 0 bridgehead atoms. The van der Waals surface area contributed by atoms with E-state index >= 15 is 0 Å². The predicted octanol–water partition coefficient (Wildman–Crippen LogP) is 2.52. The van der Waals surface area contributed by atoms with E-state index in [1.165, 1.54) is 4.90 Å². The lowest BCUT2D eigenvalue weighted by molar-refractivity contribution is -0.143. The quantitative estimate of drug-likeness (QED) is 0.775. The molecule has 3 heterocycles. The van der Waals surface area contributed by atoms with Crippen LogP contribution < -0.4 is 10.6 Å². The molecule has 27 heavy (non-hydrogen) atoms. The number of imide groups is 1. The number of nitrogens with zero attached hydrogens (tertiary/aromatic N) is 1. The summed E-state index contributed by atoms with van der Waals surface area (Å²) in [6.45, 7) is 6.44. The predicted molar refractivity (Wildman–Crippen MR) is 102 cm³/mol. The van der Waals surface area contributed by atoms with E-state index in [2.05, 4.69) is 10.6 Å². The fraction of sp³-hybridized carbons (Fsp3) is 0.550. The van der Waals surface area contributed by atoms with Gasteiger partial charge < -0.3 is 5.32 Å². The van der Waals surface area contributed by atoms with Crippen LogP contribution in [0.4, 0.5) is 5.69 Å². The molecule has 6 nitrogen and oxygen atoms in total. The molecule has 4 unspecified atom stereocenters. The van der Waals surface area contributed by atoms with E-state index in [0.29, 0.717) is 22.8 Å². The van der Waals surface area contributed by atoms with Gasteiger partial charge in [0, 0.05) is 28.9 Å². The lowest BCUT2D eigenvalue weighted by Crippen LogP contribution is -2.54. The monoisotopic (exact) mass is 389 g/mol. The van der Waals surface area contributed by atoms with Gasteiger partial charge in [0.2, 0.25) is 17.7 Å². The summed E-state index contributed by atoms with van der Waals surface area (Å²) in [4.78, 5) is 41.0. The van der Waals surface area contributed by atoms with Crippen molar-refractivity contribution in [2.45, 2.75) is 45.2 Å².